The molecule has 0 aliphatic rings. The van der Waals surface area contributed by atoms with Crippen LogP contribution in [0.1, 0.15) is 17.0 Å². The van der Waals surface area contributed by atoms with Crippen molar-refractivity contribution in [2.45, 2.75) is 12.0 Å². The van der Waals surface area contributed by atoms with Crippen molar-refractivity contribution in [2.75, 3.05) is 11.9 Å². The summed E-state index contributed by atoms with van der Waals surface area (Å²) < 4.78 is 4.65. The maximum atomic E-state index is 13.0. The van der Waals surface area contributed by atoms with Crippen LogP contribution in [0.5, 0.6) is 0 Å². The number of anilines is 1. The van der Waals surface area contributed by atoms with E-state index in [0.717, 1.165) is 11.1 Å². The van der Waals surface area contributed by atoms with E-state index in [4.69, 9.17) is 0 Å². The predicted octanol–water partition coefficient (Wildman–Crippen LogP) is 1.92. The van der Waals surface area contributed by atoms with Gasteiger partial charge in [-0.2, -0.15) is 0 Å². The number of hydrogen-bond donors (Lipinski definition) is 3. The molecule has 0 aliphatic heterocycles. The van der Waals surface area contributed by atoms with E-state index in [1.54, 1.807) is 0 Å². The average molecular weight is 365 g/mol. The minimum Gasteiger partial charge on any atom is -0.394 e. The molecule has 0 bridgehead atoms. The summed E-state index contributed by atoms with van der Waals surface area (Å²) in [5.41, 5.74) is 1.57. The number of nitrogens with one attached hydrogen (secondary N) is 2. The van der Waals surface area contributed by atoms with Gasteiger partial charge in [0.1, 0.15) is 12.3 Å². The normalized spacial score (nSPS) is 11.8. The van der Waals surface area contributed by atoms with Gasteiger partial charge in [-0.25, -0.2) is 0 Å². The maximum absolute atomic E-state index is 13.0. The fourth-order valence-electron chi connectivity index (χ4n) is 2.73. The van der Waals surface area contributed by atoms with E-state index in [1.165, 1.54) is 12.3 Å². The third kappa shape index (κ3) is 4.59. The molecular formula is C20H19N3O4. The first-order valence-corrected chi connectivity index (χ1v) is 8.41. The van der Waals surface area contributed by atoms with Gasteiger partial charge in [0.2, 0.25) is 5.91 Å². The first-order chi connectivity index (χ1) is 13.2. The molecule has 3 aromatic rings. The maximum Gasteiger partial charge on any atom is 0.250 e. The molecule has 7 nitrogen and oxygen atoms in total. The Bertz CT molecular complexity index is 827. The van der Waals surface area contributed by atoms with Crippen molar-refractivity contribution < 1.29 is 19.2 Å². The molecule has 0 fully saturated rings. The summed E-state index contributed by atoms with van der Waals surface area (Å²) in [7, 11) is 0. The quantitative estimate of drug-likeness (QED) is 0.593. The summed E-state index contributed by atoms with van der Waals surface area (Å²) >= 11 is 0. The van der Waals surface area contributed by atoms with Crippen molar-refractivity contribution >= 4 is 17.6 Å². The molecule has 27 heavy (non-hydrogen) atoms. The first kappa shape index (κ1) is 18.3. The standard InChI is InChI=1S/C20H19N3O4/c24-13-16(19(25)22-17-11-12-27-23-17)21-20(26)18(14-7-3-1-4-8-14)15-9-5-2-6-10-15/h1-12,16,18,24H,13H2,(H,21,26)(H,22,23,25). The third-order valence-electron chi connectivity index (χ3n) is 4.03. The SMILES string of the molecule is O=C(Nc1ccon1)C(CO)NC(=O)C(c1ccccc1)c1ccccc1. The van der Waals surface area contributed by atoms with Gasteiger partial charge in [0.25, 0.3) is 5.91 Å². The van der Waals surface area contributed by atoms with Crippen LogP contribution in [0.2, 0.25) is 0 Å². The first-order valence-electron chi connectivity index (χ1n) is 8.41. The highest BCUT2D eigenvalue weighted by Gasteiger charge is 2.27. The van der Waals surface area contributed by atoms with Gasteiger partial charge < -0.3 is 20.3 Å². The number of carbonyl (C=O) groups excluding carboxylic acids is 2. The smallest absolute Gasteiger partial charge is 0.250 e. The Kier molecular flexibility index (Phi) is 5.96. The van der Waals surface area contributed by atoms with Crippen LogP contribution in [0.4, 0.5) is 5.82 Å². The molecule has 2 amide bonds. The minimum atomic E-state index is -1.12. The van der Waals surface area contributed by atoms with E-state index in [-0.39, 0.29) is 11.7 Å². The zero-order valence-electron chi connectivity index (χ0n) is 14.4. The Morgan fingerprint density at radius 1 is 0.926 bits per heavy atom. The number of nitrogens with zero attached hydrogens (tertiary/aromatic N) is 1. The summed E-state index contributed by atoms with van der Waals surface area (Å²) in [4.78, 5) is 25.3. The van der Waals surface area contributed by atoms with E-state index in [0.29, 0.717) is 0 Å². The van der Waals surface area contributed by atoms with Gasteiger partial charge in [-0.15, -0.1) is 0 Å². The van der Waals surface area contributed by atoms with Gasteiger partial charge in [0, 0.05) is 6.07 Å². The van der Waals surface area contributed by atoms with Gasteiger partial charge in [-0.05, 0) is 11.1 Å². The second-order valence-electron chi connectivity index (χ2n) is 5.87. The van der Waals surface area contributed by atoms with E-state index in [1.807, 2.05) is 60.7 Å². The van der Waals surface area contributed by atoms with Crippen molar-refractivity contribution in [1.82, 2.24) is 10.5 Å². The summed E-state index contributed by atoms with van der Waals surface area (Å²) in [6, 6.07) is 18.9. The zero-order valence-corrected chi connectivity index (χ0v) is 14.4. The number of benzene rings is 2. The molecule has 2 aromatic carbocycles. The Hall–Kier alpha value is -3.45. The van der Waals surface area contributed by atoms with Gasteiger partial charge in [0.05, 0.1) is 12.5 Å². The lowest BCUT2D eigenvalue weighted by Gasteiger charge is -2.21. The van der Waals surface area contributed by atoms with E-state index in [2.05, 4.69) is 20.3 Å². The van der Waals surface area contributed by atoms with Gasteiger partial charge in [-0.3, -0.25) is 9.59 Å². The Morgan fingerprint density at radius 2 is 1.52 bits per heavy atom. The monoisotopic (exact) mass is 365 g/mol. The summed E-state index contributed by atoms with van der Waals surface area (Å²) in [5.74, 6) is -1.38. The Balaban J connectivity index is 1.80. The van der Waals surface area contributed by atoms with Gasteiger partial charge in [-0.1, -0.05) is 65.8 Å². The number of aromatic nitrogens is 1. The van der Waals surface area contributed by atoms with Crippen LogP contribution >= 0.6 is 0 Å². The van der Waals surface area contributed by atoms with Crippen molar-refractivity contribution in [1.29, 1.82) is 0 Å². The van der Waals surface area contributed by atoms with Crippen LogP contribution in [0, 0.1) is 0 Å². The summed E-state index contributed by atoms with van der Waals surface area (Å²) in [5, 5.41) is 18.3. The highest BCUT2D eigenvalue weighted by Crippen LogP contribution is 2.24. The third-order valence-corrected chi connectivity index (χ3v) is 4.03. The lowest BCUT2D eigenvalue weighted by Crippen LogP contribution is -2.48. The Morgan fingerprint density at radius 3 is 2.00 bits per heavy atom. The highest BCUT2D eigenvalue weighted by atomic mass is 16.5. The molecule has 7 heteroatoms. The van der Waals surface area contributed by atoms with Crippen LogP contribution in [0.15, 0.2) is 77.5 Å². The van der Waals surface area contributed by atoms with E-state index >= 15 is 0 Å². The lowest BCUT2D eigenvalue weighted by atomic mass is 9.90. The topological polar surface area (TPSA) is 104 Å². The van der Waals surface area contributed by atoms with Crippen molar-refractivity contribution in [3.05, 3.63) is 84.1 Å². The molecule has 138 valence electrons. The Labute approximate surface area is 156 Å². The second kappa shape index (κ2) is 8.77. The van der Waals surface area contributed by atoms with Crippen LogP contribution in [0.25, 0.3) is 0 Å². The molecule has 0 radical (unpaired) electrons. The molecule has 3 N–H and O–H groups in total. The van der Waals surface area contributed by atoms with Crippen molar-refractivity contribution in [3.8, 4) is 0 Å². The fraction of sp³-hybridized carbons (Fsp3) is 0.150. The number of rotatable bonds is 7. The van der Waals surface area contributed by atoms with Crippen LogP contribution in [0.3, 0.4) is 0 Å². The van der Waals surface area contributed by atoms with Crippen LogP contribution in [-0.2, 0) is 9.59 Å². The molecule has 1 unspecified atom stereocenters. The van der Waals surface area contributed by atoms with Crippen molar-refractivity contribution in [3.63, 3.8) is 0 Å². The number of aliphatic hydroxyl groups excluding tert-OH is 1. The summed E-state index contributed by atoms with van der Waals surface area (Å²) in [6.07, 6.45) is 1.31. The average Bonchev–Trinajstić information content (AvgIpc) is 3.21. The molecule has 3 rings (SSSR count). The molecule has 0 saturated heterocycles. The zero-order chi connectivity index (χ0) is 19.1. The number of amides is 2. The predicted molar refractivity (Wildman–Crippen MR) is 98.9 cm³/mol. The van der Waals surface area contributed by atoms with Gasteiger partial charge >= 0.3 is 0 Å². The molecular weight excluding hydrogens is 346 g/mol. The fourth-order valence-corrected chi connectivity index (χ4v) is 2.73. The minimum absolute atomic E-state index is 0.204. The molecule has 1 heterocycles. The lowest BCUT2D eigenvalue weighted by molar-refractivity contribution is -0.127. The van der Waals surface area contributed by atoms with E-state index in [9.17, 15) is 14.7 Å². The second-order valence-corrected chi connectivity index (χ2v) is 5.87. The molecule has 0 aliphatic carbocycles. The molecule has 1 aromatic heterocycles. The number of hydrogen-bond acceptors (Lipinski definition) is 5. The summed E-state index contributed by atoms with van der Waals surface area (Å²) in [6.45, 7) is -0.550. The van der Waals surface area contributed by atoms with Crippen molar-refractivity contribution in [2.24, 2.45) is 0 Å². The van der Waals surface area contributed by atoms with Crippen LogP contribution < -0.4 is 10.6 Å². The number of carbonyl (C=O) groups is 2. The van der Waals surface area contributed by atoms with Gasteiger partial charge in [0.15, 0.2) is 5.82 Å². The molecule has 0 spiro atoms. The van der Waals surface area contributed by atoms with Crippen LogP contribution in [-0.4, -0.2) is 34.7 Å². The largest absolute Gasteiger partial charge is 0.394 e. The van der Waals surface area contributed by atoms with E-state index < -0.39 is 24.5 Å². The molecule has 0 saturated carbocycles. The number of aliphatic hydroxyl groups is 1. The molecule has 1 atom stereocenters. The highest BCUT2D eigenvalue weighted by molar-refractivity contribution is 5.98.